The van der Waals surface area contributed by atoms with Crippen molar-refractivity contribution in [3.8, 4) is 0 Å². The van der Waals surface area contributed by atoms with E-state index in [-0.39, 0.29) is 0 Å². The lowest BCUT2D eigenvalue weighted by Gasteiger charge is -2.08. The van der Waals surface area contributed by atoms with E-state index in [2.05, 4.69) is 60.7 Å². The van der Waals surface area contributed by atoms with Crippen molar-refractivity contribution in [1.82, 2.24) is 0 Å². The van der Waals surface area contributed by atoms with Crippen molar-refractivity contribution < 1.29 is 0 Å². The highest BCUT2D eigenvalue weighted by molar-refractivity contribution is 6.22. The van der Waals surface area contributed by atoms with E-state index in [1.54, 1.807) is 0 Å². The molecule has 0 atom stereocenters. The quantitative estimate of drug-likeness (QED) is 0.373. The van der Waals surface area contributed by atoms with Gasteiger partial charge in [-0.2, -0.15) is 0 Å². The molecule has 0 heteroatoms. The van der Waals surface area contributed by atoms with Crippen molar-refractivity contribution in [1.29, 1.82) is 0 Å². The highest BCUT2D eigenvalue weighted by Crippen LogP contribution is 2.33. The summed E-state index contributed by atoms with van der Waals surface area (Å²) in [5, 5.41) is 7.50. The van der Waals surface area contributed by atoms with Gasteiger partial charge < -0.3 is 0 Å². The van der Waals surface area contributed by atoms with E-state index >= 15 is 0 Å². The van der Waals surface area contributed by atoms with Gasteiger partial charge in [-0.25, -0.2) is 0 Å². The van der Waals surface area contributed by atoms with Crippen molar-refractivity contribution in [3.63, 3.8) is 0 Å². The third-order valence-corrected chi connectivity index (χ3v) is 3.21. The summed E-state index contributed by atoms with van der Waals surface area (Å²) in [4.78, 5) is 0. The minimum absolute atomic E-state index is 1.18. The predicted octanol–water partition coefficient (Wildman–Crippen LogP) is 4.18. The molecule has 0 aliphatic rings. The van der Waals surface area contributed by atoms with Gasteiger partial charge in [-0.05, 0) is 56.6 Å². The zero-order chi connectivity index (χ0) is 10.5. The summed E-state index contributed by atoms with van der Waals surface area (Å²) >= 11 is 0. The molecule has 0 aliphatic heterocycles. The van der Waals surface area contributed by atoms with Crippen LogP contribution in [-0.4, -0.2) is 0 Å². The van der Waals surface area contributed by atoms with Crippen LogP contribution in [-0.2, 0) is 0 Å². The molecule has 0 fully saturated rings. The Kier molecular flexibility index (Phi) is 1.39. The second-order valence-electron chi connectivity index (χ2n) is 4.12. The first-order valence-corrected chi connectivity index (χ1v) is 5.39. The molecule has 72 valence electrons. The molecule has 0 heterocycles. The van der Waals surface area contributed by atoms with Gasteiger partial charge in [-0.1, -0.05) is 36.4 Å². The van der Waals surface area contributed by atoms with Gasteiger partial charge in [0.1, 0.15) is 0 Å². The van der Waals surface area contributed by atoms with Crippen molar-refractivity contribution in [2.24, 2.45) is 0 Å². The third-order valence-electron chi connectivity index (χ3n) is 3.21. The van der Waals surface area contributed by atoms with Crippen LogP contribution in [0.4, 0.5) is 0 Å². The molecular weight excluding hydrogens is 192 g/mol. The van der Waals surface area contributed by atoms with E-state index in [1.807, 2.05) is 0 Å². The first-order valence-electron chi connectivity index (χ1n) is 5.39. The minimum Gasteiger partial charge on any atom is -0.0610 e. The first-order chi connectivity index (χ1) is 7.93. The SMILES string of the molecule is [c]1cc2cccc3c[c]c4cccc1c4c23. The van der Waals surface area contributed by atoms with Gasteiger partial charge in [0.2, 0.25) is 0 Å². The molecule has 4 aromatic rings. The van der Waals surface area contributed by atoms with Crippen LogP contribution in [0.25, 0.3) is 32.3 Å². The topological polar surface area (TPSA) is 0 Å². The number of rotatable bonds is 0. The summed E-state index contributed by atoms with van der Waals surface area (Å²) in [7, 11) is 0. The molecule has 0 saturated heterocycles. The lowest BCUT2D eigenvalue weighted by atomic mass is 9.95. The van der Waals surface area contributed by atoms with Crippen LogP contribution in [0.3, 0.4) is 0 Å². The van der Waals surface area contributed by atoms with Crippen molar-refractivity contribution in [2.75, 3.05) is 0 Å². The van der Waals surface area contributed by atoms with Gasteiger partial charge in [0, 0.05) is 0 Å². The summed E-state index contributed by atoms with van der Waals surface area (Å²) in [5.41, 5.74) is 0. The van der Waals surface area contributed by atoms with Crippen molar-refractivity contribution in [3.05, 3.63) is 60.7 Å². The fourth-order valence-corrected chi connectivity index (χ4v) is 2.49. The van der Waals surface area contributed by atoms with Crippen LogP contribution in [0.2, 0.25) is 0 Å². The fourth-order valence-electron chi connectivity index (χ4n) is 2.49. The van der Waals surface area contributed by atoms with E-state index < -0.39 is 0 Å². The molecule has 16 heavy (non-hydrogen) atoms. The van der Waals surface area contributed by atoms with Crippen LogP contribution >= 0.6 is 0 Å². The molecular formula is C16H8. The Labute approximate surface area is 93.5 Å². The number of benzene rings is 4. The van der Waals surface area contributed by atoms with Crippen LogP contribution in [0.15, 0.2) is 48.5 Å². The molecule has 0 bridgehead atoms. The van der Waals surface area contributed by atoms with Gasteiger partial charge in [-0.15, -0.1) is 0 Å². The second kappa shape index (κ2) is 2.73. The smallest absolute Gasteiger partial charge is 0.00143 e. The van der Waals surface area contributed by atoms with E-state index in [9.17, 15) is 0 Å². The van der Waals surface area contributed by atoms with Gasteiger partial charge >= 0.3 is 0 Å². The van der Waals surface area contributed by atoms with E-state index in [1.165, 1.54) is 32.3 Å². The Morgan fingerprint density at radius 3 is 1.81 bits per heavy atom. The highest BCUT2D eigenvalue weighted by Gasteiger charge is 2.06. The molecule has 0 spiro atoms. The Bertz CT molecular complexity index is 667. The number of hydrogen-bond acceptors (Lipinski definition) is 0. The van der Waals surface area contributed by atoms with Gasteiger partial charge in [-0.3, -0.25) is 0 Å². The lowest BCUT2D eigenvalue weighted by molar-refractivity contribution is 1.77. The Hall–Kier alpha value is -2.08. The van der Waals surface area contributed by atoms with Crippen LogP contribution in [0.5, 0.6) is 0 Å². The average molecular weight is 200 g/mol. The molecule has 0 amide bonds. The summed E-state index contributed by atoms with van der Waals surface area (Å²) in [6.45, 7) is 0. The maximum Gasteiger partial charge on any atom is -0.00143 e. The molecule has 0 nitrogen and oxygen atoms in total. The monoisotopic (exact) mass is 200 g/mol. The fraction of sp³-hybridized carbons (Fsp3) is 0. The highest BCUT2D eigenvalue weighted by atomic mass is 14.1. The molecule has 0 N–H and O–H groups in total. The standard InChI is InChI=1S/C16H8/c1-3-11-7-9-13-5-2-6-14-10-8-12(4-1)15(11)16(13)14/h1-8H. The van der Waals surface area contributed by atoms with Crippen LogP contribution in [0.1, 0.15) is 0 Å². The molecule has 2 radical (unpaired) electrons. The zero-order valence-electron chi connectivity index (χ0n) is 8.62. The molecule has 4 rings (SSSR count). The van der Waals surface area contributed by atoms with Crippen molar-refractivity contribution in [2.45, 2.75) is 0 Å². The Morgan fingerprint density at radius 1 is 0.625 bits per heavy atom. The van der Waals surface area contributed by atoms with Gasteiger partial charge in [0.05, 0.1) is 0 Å². The number of hydrogen-bond donors (Lipinski definition) is 0. The maximum atomic E-state index is 3.34. The van der Waals surface area contributed by atoms with E-state index in [0.29, 0.717) is 0 Å². The zero-order valence-corrected chi connectivity index (χ0v) is 8.62. The molecule has 0 unspecified atom stereocenters. The minimum atomic E-state index is 1.18. The van der Waals surface area contributed by atoms with Gasteiger partial charge in [0.15, 0.2) is 0 Å². The summed E-state index contributed by atoms with van der Waals surface area (Å²) in [5.74, 6) is 0. The molecule has 0 aromatic heterocycles. The summed E-state index contributed by atoms with van der Waals surface area (Å²) in [6.07, 6.45) is 0. The van der Waals surface area contributed by atoms with E-state index in [0.717, 1.165) is 0 Å². The Morgan fingerprint density at radius 2 is 1.19 bits per heavy atom. The molecule has 4 aromatic carbocycles. The maximum absolute atomic E-state index is 3.34. The largest absolute Gasteiger partial charge is 0.0610 e. The van der Waals surface area contributed by atoms with E-state index in [4.69, 9.17) is 0 Å². The first kappa shape index (κ1) is 8.12. The predicted molar refractivity (Wildman–Crippen MR) is 67.8 cm³/mol. The second-order valence-corrected chi connectivity index (χ2v) is 4.12. The average Bonchev–Trinajstić information content (AvgIpc) is 2.36. The van der Waals surface area contributed by atoms with Crippen molar-refractivity contribution >= 4 is 32.3 Å². The van der Waals surface area contributed by atoms with Crippen LogP contribution < -0.4 is 0 Å². The third kappa shape index (κ3) is 0.892. The normalized spacial score (nSPS) is 11.8. The van der Waals surface area contributed by atoms with Crippen LogP contribution in [0, 0.1) is 12.1 Å². The molecule has 0 aliphatic carbocycles. The van der Waals surface area contributed by atoms with Gasteiger partial charge in [0.25, 0.3) is 0 Å². The summed E-state index contributed by atoms with van der Waals surface area (Å²) in [6, 6.07) is 23.5. The molecule has 0 saturated carbocycles. The lowest BCUT2D eigenvalue weighted by Crippen LogP contribution is -1.82. The Balaban J connectivity index is 2.51. The summed E-state index contributed by atoms with van der Waals surface area (Å²) < 4.78 is 0.